The first-order valence-electron chi connectivity index (χ1n) is 10.4. The van der Waals surface area contributed by atoms with E-state index in [2.05, 4.69) is 17.0 Å². The van der Waals surface area contributed by atoms with E-state index < -0.39 is 5.91 Å². The van der Waals surface area contributed by atoms with Crippen molar-refractivity contribution in [2.75, 3.05) is 13.2 Å². The Morgan fingerprint density at radius 2 is 1.66 bits per heavy atom. The van der Waals surface area contributed by atoms with Gasteiger partial charge in [-0.3, -0.25) is 10.2 Å². The fourth-order valence-electron chi connectivity index (χ4n) is 3.13. The molecule has 0 bridgehead atoms. The molecular weight excluding hydrogens is 424 g/mol. The molecule has 7 nitrogen and oxygen atoms in total. The highest BCUT2D eigenvalue weighted by Gasteiger charge is 2.35. The van der Waals surface area contributed by atoms with Crippen LogP contribution in [0, 0.1) is 12.3 Å². The van der Waals surface area contributed by atoms with Gasteiger partial charge in [-0.1, -0.05) is 36.8 Å². The highest BCUT2D eigenvalue weighted by Crippen LogP contribution is 2.29. The van der Waals surface area contributed by atoms with Crippen molar-refractivity contribution in [1.82, 2.24) is 5.01 Å². The second kappa shape index (κ2) is 9.82. The van der Waals surface area contributed by atoms with Crippen LogP contribution < -0.4 is 9.47 Å². The van der Waals surface area contributed by atoms with Gasteiger partial charge < -0.3 is 9.47 Å². The SMILES string of the molecule is CCCC1=NN2C(=N)/C(=C/c3ccc(OCCOc4ccc(C)cc4)cc3)C(=O)N=C2S1. The average molecular weight is 449 g/mol. The van der Waals surface area contributed by atoms with Crippen LogP contribution in [0.5, 0.6) is 11.5 Å². The minimum atomic E-state index is -0.421. The molecule has 0 saturated carbocycles. The number of fused-ring (bicyclic) bond motifs is 1. The number of nitrogens with one attached hydrogen (secondary N) is 1. The van der Waals surface area contributed by atoms with E-state index in [0.717, 1.165) is 29.2 Å². The zero-order valence-corrected chi connectivity index (χ0v) is 18.8. The van der Waals surface area contributed by atoms with Gasteiger partial charge in [-0.15, -0.1) is 0 Å². The largest absolute Gasteiger partial charge is 0.490 e. The molecule has 32 heavy (non-hydrogen) atoms. The number of amides is 1. The lowest BCUT2D eigenvalue weighted by atomic mass is 10.1. The quantitative estimate of drug-likeness (QED) is 0.460. The maximum Gasteiger partial charge on any atom is 0.283 e. The van der Waals surface area contributed by atoms with Crippen LogP contribution in [-0.2, 0) is 4.79 Å². The first-order valence-corrected chi connectivity index (χ1v) is 11.3. The summed E-state index contributed by atoms with van der Waals surface area (Å²) in [5, 5.41) is 15.6. The molecule has 1 amide bonds. The van der Waals surface area contributed by atoms with Crippen molar-refractivity contribution >= 4 is 39.8 Å². The van der Waals surface area contributed by atoms with E-state index >= 15 is 0 Å². The number of rotatable bonds is 8. The Morgan fingerprint density at radius 3 is 2.28 bits per heavy atom. The Labute approximate surface area is 191 Å². The third-order valence-electron chi connectivity index (χ3n) is 4.79. The summed E-state index contributed by atoms with van der Waals surface area (Å²) in [6.07, 6.45) is 3.41. The second-order valence-corrected chi connectivity index (χ2v) is 8.38. The van der Waals surface area contributed by atoms with Gasteiger partial charge in [-0.2, -0.15) is 15.1 Å². The summed E-state index contributed by atoms with van der Waals surface area (Å²) in [4.78, 5) is 16.6. The van der Waals surface area contributed by atoms with Crippen LogP contribution in [0.2, 0.25) is 0 Å². The Hall–Kier alpha value is -3.39. The third kappa shape index (κ3) is 5.08. The topological polar surface area (TPSA) is 87.3 Å². The van der Waals surface area contributed by atoms with Gasteiger partial charge in [0, 0.05) is 0 Å². The Balaban J connectivity index is 1.35. The van der Waals surface area contributed by atoms with Crippen LogP contribution in [0.15, 0.2) is 64.2 Å². The number of hydrazone groups is 1. The molecule has 0 unspecified atom stereocenters. The van der Waals surface area contributed by atoms with Crippen LogP contribution >= 0.6 is 11.8 Å². The minimum absolute atomic E-state index is 0.0483. The summed E-state index contributed by atoms with van der Waals surface area (Å²) in [6.45, 7) is 4.95. The molecule has 0 spiro atoms. The molecule has 2 aromatic carbocycles. The first-order chi connectivity index (χ1) is 15.5. The number of benzene rings is 2. The van der Waals surface area contributed by atoms with Gasteiger partial charge in [-0.25, -0.2) is 0 Å². The summed E-state index contributed by atoms with van der Waals surface area (Å²) in [5.41, 5.74) is 2.19. The smallest absolute Gasteiger partial charge is 0.283 e. The van der Waals surface area contributed by atoms with Crippen LogP contribution in [0.25, 0.3) is 6.08 Å². The molecular formula is C24H24N4O3S. The third-order valence-corrected chi connectivity index (χ3v) is 5.76. The zero-order chi connectivity index (χ0) is 22.5. The van der Waals surface area contributed by atoms with Crippen LogP contribution in [0.4, 0.5) is 0 Å². The van der Waals surface area contributed by atoms with Gasteiger partial charge in [0.25, 0.3) is 5.91 Å². The molecule has 1 N–H and O–H groups in total. The molecule has 0 aromatic heterocycles. The number of hydrogen-bond acceptors (Lipinski definition) is 6. The van der Waals surface area contributed by atoms with Crippen LogP contribution in [0.1, 0.15) is 30.9 Å². The number of nitrogens with zero attached hydrogens (tertiary/aromatic N) is 3. The van der Waals surface area contributed by atoms with Gasteiger partial charge in [0.1, 0.15) is 29.8 Å². The fourth-order valence-corrected chi connectivity index (χ4v) is 4.11. The van der Waals surface area contributed by atoms with Crippen LogP contribution in [0.3, 0.4) is 0 Å². The van der Waals surface area contributed by atoms with Gasteiger partial charge in [-0.05, 0) is 67.4 Å². The molecule has 8 heteroatoms. The zero-order valence-electron chi connectivity index (χ0n) is 18.0. The first kappa shape index (κ1) is 21.8. The van der Waals surface area contributed by atoms with E-state index in [1.54, 1.807) is 6.08 Å². The van der Waals surface area contributed by atoms with E-state index in [1.165, 1.54) is 22.3 Å². The lowest BCUT2D eigenvalue weighted by Gasteiger charge is -2.20. The summed E-state index contributed by atoms with van der Waals surface area (Å²) in [5.74, 6) is 1.14. The Bertz CT molecular complexity index is 1110. The summed E-state index contributed by atoms with van der Waals surface area (Å²) in [6, 6.07) is 15.2. The summed E-state index contributed by atoms with van der Waals surface area (Å²) < 4.78 is 11.4. The summed E-state index contributed by atoms with van der Waals surface area (Å²) >= 11 is 1.36. The van der Waals surface area contributed by atoms with Crippen molar-refractivity contribution in [3.8, 4) is 11.5 Å². The van der Waals surface area contributed by atoms with Crippen LogP contribution in [-0.4, -0.2) is 40.2 Å². The number of aryl methyl sites for hydroxylation is 1. The van der Waals surface area contributed by atoms with Crippen molar-refractivity contribution in [3.63, 3.8) is 0 Å². The van der Waals surface area contributed by atoms with Crippen molar-refractivity contribution < 1.29 is 14.3 Å². The molecule has 2 aliphatic heterocycles. The predicted molar refractivity (Wildman–Crippen MR) is 129 cm³/mol. The molecule has 2 aliphatic rings. The molecule has 2 aromatic rings. The number of aliphatic imine (C=N–C) groups is 1. The minimum Gasteiger partial charge on any atom is -0.490 e. The standard InChI is InChI=1S/C24H24N4O3S/c1-3-4-21-27-28-22(25)20(23(29)26-24(28)32-21)15-17-7-11-19(12-8-17)31-14-13-30-18-9-5-16(2)6-10-18/h5-12,15,25H,3-4,13-14H2,1-2H3/b20-15-,25-22?. The second-order valence-electron chi connectivity index (χ2n) is 7.34. The van der Waals surface area contributed by atoms with E-state index in [-0.39, 0.29) is 11.4 Å². The van der Waals surface area contributed by atoms with E-state index in [1.807, 2.05) is 55.5 Å². The van der Waals surface area contributed by atoms with E-state index in [9.17, 15) is 4.79 Å². The van der Waals surface area contributed by atoms with Gasteiger partial charge in [0.15, 0.2) is 5.84 Å². The summed E-state index contributed by atoms with van der Waals surface area (Å²) in [7, 11) is 0. The Morgan fingerprint density at radius 1 is 1.03 bits per heavy atom. The molecule has 0 saturated heterocycles. The fraction of sp³-hybridized carbons (Fsp3) is 0.250. The van der Waals surface area contributed by atoms with Gasteiger partial charge in [0.05, 0.1) is 5.57 Å². The normalized spacial score (nSPS) is 16.7. The lowest BCUT2D eigenvalue weighted by molar-refractivity contribution is -0.114. The van der Waals surface area contributed by atoms with Gasteiger partial charge in [0.2, 0.25) is 5.17 Å². The van der Waals surface area contributed by atoms with Crippen molar-refractivity contribution in [3.05, 3.63) is 65.2 Å². The van der Waals surface area contributed by atoms with Crippen molar-refractivity contribution in [1.29, 1.82) is 5.41 Å². The average Bonchev–Trinajstić information content (AvgIpc) is 3.19. The molecule has 4 rings (SSSR count). The number of thioether (sulfide) groups is 1. The number of hydrogen-bond donors (Lipinski definition) is 1. The Kier molecular flexibility index (Phi) is 6.70. The van der Waals surface area contributed by atoms with Crippen molar-refractivity contribution in [2.24, 2.45) is 10.1 Å². The van der Waals surface area contributed by atoms with Crippen molar-refractivity contribution in [2.45, 2.75) is 26.7 Å². The molecule has 0 fully saturated rings. The van der Waals surface area contributed by atoms with E-state index in [0.29, 0.717) is 24.1 Å². The molecule has 0 aliphatic carbocycles. The molecule has 2 heterocycles. The molecule has 0 radical (unpaired) electrons. The number of carbonyl (C=O) groups excluding carboxylic acids is 1. The van der Waals surface area contributed by atoms with Gasteiger partial charge >= 0.3 is 0 Å². The maximum absolute atomic E-state index is 12.5. The molecule has 164 valence electrons. The predicted octanol–water partition coefficient (Wildman–Crippen LogP) is 4.87. The van der Waals surface area contributed by atoms with E-state index in [4.69, 9.17) is 14.9 Å². The number of amidine groups is 2. The molecule has 0 atom stereocenters. The number of carbonyl (C=O) groups is 1. The highest BCUT2D eigenvalue weighted by atomic mass is 32.2. The number of ether oxygens (including phenoxy) is 2. The highest BCUT2D eigenvalue weighted by molar-refractivity contribution is 8.26. The lowest BCUT2D eigenvalue weighted by Crippen LogP contribution is -2.35. The maximum atomic E-state index is 12.5. The monoisotopic (exact) mass is 448 g/mol.